The van der Waals surface area contributed by atoms with E-state index in [1.54, 1.807) is 0 Å². The molecule has 0 aromatic heterocycles. The van der Waals surface area contributed by atoms with E-state index in [1.165, 1.54) is 30.3 Å². The van der Waals surface area contributed by atoms with Gasteiger partial charge in [0.1, 0.15) is 10.6 Å². The summed E-state index contributed by atoms with van der Waals surface area (Å²) >= 11 is 0. The first kappa shape index (κ1) is 14.3. The van der Waals surface area contributed by atoms with Crippen molar-refractivity contribution in [1.29, 1.82) is 5.26 Å². The molecule has 0 aliphatic rings. The van der Waals surface area contributed by atoms with Crippen molar-refractivity contribution in [3.05, 3.63) is 53.8 Å². The molecule has 0 radical (unpaired) electrons. The molecule has 0 heterocycles. The Morgan fingerprint density at radius 3 is 2.35 bits per heavy atom. The molecule has 0 aliphatic heterocycles. The summed E-state index contributed by atoms with van der Waals surface area (Å²) in [6, 6.07) is 11.1. The summed E-state index contributed by atoms with van der Waals surface area (Å²) in [4.78, 5) is -0.455. The fourth-order valence-corrected chi connectivity index (χ4v) is 2.46. The van der Waals surface area contributed by atoms with Gasteiger partial charge in [0.25, 0.3) is 9.05 Å². The molecule has 2 aromatic rings. The minimum Gasteiger partial charge on any atom is -0.453 e. The summed E-state index contributed by atoms with van der Waals surface area (Å²) in [5, 5.41) is 8.67. The van der Waals surface area contributed by atoms with Gasteiger partial charge in [-0.3, -0.25) is 0 Å². The molecule has 4 nitrogen and oxygen atoms in total. The zero-order valence-electron chi connectivity index (χ0n) is 9.88. The molecule has 102 valence electrons. The van der Waals surface area contributed by atoms with Gasteiger partial charge in [0, 0.05) is 10.7 Å². The smallest absolute Gasteiger partial charge is 0.265 e. The summed E-state index contributed by atoms with van der Waals surface area (Å²) in [7, 11) is 1.10. The van der Waals surface area contributed by atoms with E-state index in [-0.39, 0.29) is 5.75 Å². The molecule has 0 unspecified atom stereocenters. The largest absolute Gasteiger partial charge is 0.453 e. The van der Waals surface area contributed by atoms with Gasteiger partial charge in [-0.25, -0.2) is 12.8 Å². The molecule has 2 aromatic carbocycles. The van der Waals surface area contributed by atoms with Crippen LogP contribution in [0.15, 0.2) is 47.4 Å². The minimum atomic E-state index is -4.13. The van der Waals surface area contributed by atoms with E-state index < -0.39 is 25.5 Å². The lowest BCUT2D eigenvalue weighted by atomic mass is 10.2. The van der Waals surface area contributed by atoms with Crippen molar-refractivity contribution in [2.45, 2.75) is 4.90 Å². The Balaban J connectivity index is 2.45. The van der Waals surface area contributed by atoms with Gasteiger partial charge in [-0.05, 0) is 36.4 Å². The normalized spacial score (nSPS) is 10.8. The number of hydrogen-bond acceptors (Lipinski definition) is 4. The van der Waals surface area contributed by atoms with E-state index in [1.807, 2.05) is 6.07 Å². The summed E-state index contributed by atoms with van der Waals surface area (Å²) in [5.41, 5.74) is 0.399. The Labute approximate surface area is 119 Å². The Hall–Kier alpha value is -2.10. The second kappa shape index (κ2) is 5.49. The molecule has 0 fully saturated rings. The first-order valence-corrected chi connectivity index (χ1v) is 7.64. The quantitative estimate of drug-likeness (QED) is 0.815. The topological polar surface area (TPSA) is 67.2 Å². The molecule has 20 heavy (non-hydrogen) atoms. The molecule has 0 saturated carbocycles. The van der Waals surface area contributed by atoms with Crippen LogP contribution in [0.25, 0.3) is 0 Å². The van der Waals surface area contributed by atoms with Gasteiger partial charge >= 0.3 is 0 Å². The van der Waals surface area contributed by atoms with Crippen molar-refractivity contribution in [1.82, 2.24) is 0 Å². The van der Waals surface area contributed by atoms with Crippen LogP contribution in [0.4, 0.5) is 4.39 Å². The molecule has 7 heteroatoms. The van der Waals surface area contributed by atoms with Crippen molar-refractivity contribution in [2.24, 2.45) is 0 Å². The van der Waals surface area contributed by atoms with Gasteiger partial charge in [0.15, 0.2) is 11.6 Å². The minimum absolute atomic E-state index is 0.190. The number of nitrogens with zero attached hydrogens (tertiary/aromatic N) is 1. The van der Waals surface area contributed by atoms with Gasteiger partial charge < -0.3 is 4.74 Å². The fraction of sp³-hybridized carbons (Fsp3) is 0. The lowest BCUT2D eigenvalue weighted by Gasteiger charge is -2.10. The first-order valence-electron chi connectivity index (χ1n) is 5.33. The van der Waals surface area contributed by atoms with Crippen LogP contribution in [-0.2, 0) is 9.05 Å². The van der Waals surface area contributed by atoms with E-state index in [4.69, 9.17) is 20.7 Å². The summed E-state index contributed by atoms with van der Waals surface area (Å²) in [6.45, 7) is 0. The Morgan fingerprint density at radius 2 is 1.80 bits per heavy atom. The van der Waals surface area contributed by atoms with Crippen LogP contribution in [0.3, 0.4) is 0 Å². The maximum absolute atomic E-state index is 13.7. The second-order valence-electron chi connectivity index (χ2n) is 3.74. The SMILES string of the molecule is N#Cc1ccc(Oc2c(F)cccc2S(=O)(=O)Cl)cc1. The Bertz CT molecular complexity index is 782. The second-order valence-corrected chi connectivity index (χ2v) is 6.28. The maximum atomic E-state index is 13.7. The average molecular weight is 312 g/mol. The third-order valence-corrected chi connectivity index (χ3v) is 3.74. The van der Waals surface area contributed by atoms with Crippen LogP contribution in [0.5, 0.6) is 11.5 Å². The van der Waals surface area contributed by atoms with E-state index in [0.29, 0.717) is 5.56 Å². The highest BCUT2D eigenvalue weighted by atomic mass is 35.7. The summed E-state index contributed by atoms with van der Waals surface area (Å²) in [6.07, 6.45) is 0. The zero-order valence-corrected chi connectivity index (χ0v) is 11.5. The van der Waals surface area contributed by atoms with Gasteiger partial charge in [-0.1, -0.05) is 6.07 Å². The zero-order chi connectivity index (χ0) is 14.8. The third kappa shape index (κ3) is 3.07. The van der Waals surface area contributed by atoms with Gasteiger partial charge in [0.05, 0.1) is 11.6 Å². The van der Waals surface area contributed by atoms with E-state index in [9.17, 15) is 12.8 Å². The molecule has 0 spiro atoms. The molecule has 0 atom stereocenters. The lowest BCUT2D eigenvalue weighted by Crippen LogP contribution is -1.98. The van der Waals surface area contributed by atoms with Gasteiger partial charge in [-0.15, -0.1) is 0 Å². The number of hydrogen-bond donors (Lipinski definition) is 0. The van der Waals surface area contributed by atoms with Crippen molar-refractivity contribution in [3.8, 4) is 17.6 Å². The molecule has 0 N–H and O–H groups in total. The number of para-hydroxylation sites is 1. The van der Waals surface area contributed by atoms with Crippen LogP contribution < -0.4 is 4.74 Å². The maximum Gasteiger partial charge on any atom is 0.265 e. The van der Waals surface area contributed by atoms with Gasteiger partial charge in [0.2, 0.25) is 0 Å². The Morgan fingerprint density at radius 1 is 1.15 bits per heavy atom. The summed E-state index contributed by atoms with van der Waals surface area (Å²) in [5.74, 6) is -1.14. The van der Waals surface area contributed by atoms with Crippen molar-refractivity contribution in [3.63, 3.8) is 0 Å². The van der Waals surface area contributed by atoms with Crippen molar-refractivity contribution < 1.29 is 17.5 Å². The van der Waals surface area contributed by atoms with Crippen LogP contribution in [0.1, 0.15) is 5.56 Å². The third-order valence-electron chi connectivity index (χ3n) is 2.40. The predicted molar refractivity (Wildman–Crippen MR) is 70.7 cm³/mol. The monoisotopic (exact) mass is 311 g/mol. The van der Waals surface area contributed by atoms with E-state index in [2.05, 4.69) is 0 Å². The predicted octanol–water partition coefficient (Wildman–Crippen LogP) is 3.42. The summed E-state index contributed by atoms with van der Waals surface area (Å²) < 4.78 is 41.7. The fourth-order valence-electron chi connectivity index (χ4n) is 1.50. The van der Waals surface area contributed by atoms with Crippen molar-refractivity contribution >= 4 is 19.7 Å². The number of halogens is 2. The van der Waals surface area contributed by atoms with E-state index >= 15 is 0 Å². The molecule has 0 aliphatic carbocycles. The molecular weight excluding hydrogens is 305 g/mol. The highest BCUT2D eigenvalue weighted by Crippen LogP contribution is 2.33. The number of rotatable bonds is 3. The Kier molecular flexibility index (Phi) is 3.93. The number of ether oxygens (including phenoxy) is 1. The highest BCUT2D eigenvalue weighted by Gasteiger charge is 2.20. The molecule has 0 saturated heterocycles. The average Bonchev–Trinajstić information content (AvgIpc) is 2.40. The molecule has 2 rings (SSSR count). The van der Waals surface area contributed by atoms with Crippen LogP contribution >= 0.6 is 10.7 Å². The number of benzene rings is 2. The highest BCUT2D eigenvalue weighted by molar-refractivity contribution is 8.13. The number of nitriles is 1. The first-order chi connectivity index (χ1) is 9.41. The van der Waals surface area contributed by atoms with Crippen LogP contribution in [0, 0.1) is 17.1 Å². The lowest BCUT2D eigenvalue weighted by molar-refractivity contribution is 0.428. The molecule has 0 amide bonds. The van der Waals surface area contributed by atoms with E-state index in [0.717, 1.165) is 12.1 Å². The van der Waals surface area contributed by atoms with Gasteiger partial charge in [-0.2, -0.15) is 5.26 Å². The van der Waals surface area contributed by atoms with Crippen LogP contribution in [-0.4, -0.2) is 8.42 Å². The standard InChI is InChI=1S/C13H7ClFNO3S/c14-20(17,18)12-3-1-2-11(15)13(12)19-10-6-4-9(8-16)5-7-10/h1-7H. The molecule has 0 bridgehead atoms. The van der Waals surface area contributed by atoms with Crippen LogP contribution in [0.2, 0.25) is 0 Å². The van der Waals surface area contributed by atoms with Crippen molar-refractivity contribution in [2.75, 3.05) is 0 Å². The molecular formula is C13H7ClFNO3S.